The molecule has 2 N–H and O–H groups in total. The van der Waals surface area contributed by atoms with Crippen LogP contribution in [0.4, 0.5) is 5.95 Å². The summed E-state index contributed by atoms with van der Waals surface area (Å²) in [5, 5.41) is 23.8. The topological polar surface area (TPSA) is 102 Å². The van der Waals surface area contributed by atoms with Gasteiger partial charge in [0.1, 0.15) is 17.4 Å². The molecule has 8 nitrogen and oxygen atoms in total. The van der Waals surface area contributed by atoms with Crippen molar-refractivity contribution in [3.05, 3.63) is 77.2 Å². The summed E-state index contributed by atoms with van der Waals surface area (Å²) in [4.78, 5) is 15.9. The van der Waals surface area contributed by atoms with Gasteiger partial charge in [-0.15, -0.1) is 0 Å². The lowest BCUT2D eigenvalue weighted by molar-refractivity contribution is 0.0665. The first-order valence-corrected chi connectivity index (χ1v) is 12.8. The van der Waals surface area contributed by atoms with Gasteiger partial charge in [-0.2, -0.15) is 5.26 Å². The van der Waals surface area contributed by atoms with Crippen LogP contribution >= 0.6 is 0 Å². The molecule has 1 aliphatic rings. The number of nitrogens with one attached hydrogen (secondary N) is 1. The van der Waals surface area contributed by atoms with Crippen molar-refractivity contribution in [3.8, 4) is 17.5 Å². The van der Waals surface area contributed by atoms with Gasteiger partial charge >= 0.3 is 0 Å². The molecule has 4 aromatic rings. The van der Waals surface area contributed by atoms with Crippen LogP contribution in [0.25, 0.3) is 17.0 Å². The molecule has 0 bridgehead atoms. The molecule has 0 radical (unpaired) electrons. The molecule has 0 amide bonds. The zero-order valence-corrected chi connectivity index (χ0v) is 21.6. The van der Waals surface area contributed by atoms with Crippen molar-refractivity contribution in [2.24, 2.45) is 5.92 Å². The van der Waals surface area contributed by atoms with Crippen molar-refractivity contribution in [3.63, 3.8) is 0 Å². The van der Waals surface area contributed by atoms with E-state index in [1.807, 2.05) is 29.7 Å². The lowest BCUT2D eigenvalue weighted by Gasteiger charge is -2.32. The molecule has 2 atom stereocenters. The smallest absolute Gasteiger partial charge is 0.223 e. The number of aryl methyl sites for hydroxylation is 1. The van der Waals surface area contributed by atoms with Crippen molar-refractivity contribution in [1.82, 2.24) is 24.3 Å². The molecule has 37 heavy (non-hydrogen) atoms. The van der Waals surface area contributed by atoms with Gasteiger partial charge in [0.05, 0.1) is 35.8 Å². The average Bonchev–Trinajstić information content (AvgIpc) is 3.35. The van der Waals surface area contributed by atoms with Gasteiger partial charge in [-0.3, -0.25) is 4.40 Å². The van der Waals surface area contributed by atoms with Crippen molar-refractivity contribution in [2.45, 2.75) is 45.3 Å². The van der Waals surface area contributed by atoms with Gasteiger partial charge in [0, 0.05) is 6.20 Å². The predicted molar refractivity (Wildman–Crippen MR) is 144 cm³/mol. The van der Waals surface area contributed by atoms with Crippen LogP contribution in [0.2, 0.25) is 0 Å². The molecule has 0 aliphatic carbocycles. The highest BCUT2D eigenvalue weighted by molar-refractivity contribution is 5.68. The number of aliphatic hydroxyl groups is 1. The monoisotopic (exact) mass is 495 g/mol. The molecule has 4 heterocycles. The summed E-state index contributed by atoms with van der Waals surface area (Å²) in [6.45, 7) is 6.17. The second-order valence-electron chi connectivity index (χ2n) is 10.1. The van der Waals surface area contributed by atoms with Crippen LogP contribution in [0, 0.1) is 24.2 Å². The van der Waals surface area contributed by atoms with E-state index in [-0.39, 0.29) is 12.1 Å². The van der Waals surface area contributed by atoms with Gasteiger partial charge in [-0.25, -0.2) is 15.0 Å². The summed E-state index contributed by atoms with van der Waals surface area (Å²) in [5.41, 5.74) is 5.82. The number of anilines is 1. The first-order valence-electron chi connectivity index (χ1n) is 12.8. The number of likely N-dealkylation sites (tertiary alicyclic amines) is 1. The summed E-state index contributed by atoms with van der Waals surface area (Å²) < 4.78 is 1.95. The largest absolute Gasteiger partial charge is 0.392 e. The van der Waals surface area contributed by atoms with Gasteiger partial charge in [0.25, 0.3) is 0 Å². The number of fused-ring (bicyclic) bond motifs is 1. The molecule has 8 heteroatoms. The Morgan fingerprint density at radius 1 is 1.14 bits per heavy atom. The molecule has 0 spiro atoms. The standard InChI is InChI=1S/C29H33N7O/c1-19-5-4-12-36-25(18-31-28(19)36)27-24(16-30)17-32-29(34-27)33-20(2)22-8-6-21(7-9-22)15-26(37)23-10-13-35(3)14-11-23/h4-9,12,17-18,20,23,26,37H,10-11,13-15H2,1-3H3,(H,32,33,34)/t20-,26?/m0/s1. The Morgan fingerprint density at radius 2 is 1.89 bits per heavy atom. The number of benzene rings is 1. The molecular formula is C29H33N7O. The molecule has 1 aromatic carbocycles. The zero-order chi connectivity index (χ0) is 25.9. The van der Waals surface area contributed by atoms with Crippen LogP contribution in [0.3, 0.4) is 0 Å². The highest BCUT2D eigenvalue weighted by Gasteiger charge is 2.24. The third-order valence-corrected chi connectivity index (χ3v) is 7.46. The molecule has 5 rings (SSSR count). The second-order valence-corrected chi connectivity index (χ2v) is 10.1. The number of rotatable bonds is 7. The van der Waals surface area contributed by atoms with E-state index in [1.54, 1.807) is 12.4 Å². The second kappa shape index (κ2) is 10.7. The van der Waals surface area contributed by atoms with Gasteiger partial charge in [-0.05, 0) is 81.9 Å². The van der Waals surface area contributed by atoms with E-state index < -0.39 is 0 Å². The van der Waals surface area contributed by atoms with Crippen molar-refractivity contribution < 1.29 is 5.11 Å². The summed E-state index contributed by atoms with van der Waals surface area (Å²) >= 11 is 0. The fourth-order valence-corrected chi connectivity index (χ4v) is 5.10. The summed E-state index contributed by atoms with van der Waals surface area (Å²) in [5.74, 6) is 0.821. The molecule has 0 saturated carbocycles. The maximum Gasteiger partial charge on any atom is 0.223 e. The van der Waals surface area contributed by atoms with Crippen LogP contribution in [-0.4, -0.2) is 55.6 Å². The van der Waals surface area contributed by atoms with Crippen molar-refractivity contribution in [2.75, 3.05) is 25.5 Å². The number of nitrogens with zero attached hydrogens (tertiary/aromatic N) is 6. The fourth-order valence-electron chi connectivity index (χ4n) is 5.10. The number of aromatic nitrogens is 4. The van der Waals surface area contributed by atoms with Crippen molar-refractivity contribution >= 4 is 11.6 Å². The summed E-state index contributed by atoms with van der Waals surface area (Å²) in [7, 11) is 2.14. The molecule has 190 valence electrons. The average molecular weight is 496 g/mol. The molecule has 1 aliphatic heterocycles. The first-order chi connectivity index (χ1) is 17.9. The number of hydrogen-bond donors (Lipinski definition) is 2. The minimum absolute atomic E-state index is 0.0435. The van der Waals surface area contributed by atoms with Crippen LogP contribution in [-0.2, 0) is 6.42 Å². The van der Waals surface area contributed by atoms with Gasteiger partial charge < -0.3 is 15.3 Å². The maximum absolute atomic E-state index is 10.7. The van der Waals surface area contributed by atoms with E-state index in [4.69, 9.17) is 4.98 Å². The van der Waals surface area contributed by atoms with Crippen LogP contribution in [0.1, 0.15) is 48.1 Å². The molecule has 1 unspecified atom stereocenters. The molecule has 3 aromatic heterocycles. The van der Waals surface area contributed by atoms with E-state index in [0.717, 1.165) is 54.0 Å². The quantitative estimate of drug-likeness (QED) is 0.392. The van der Waals surface area contributed by atoms with E-state index >= 15 is 0 Å². The number of pyridine rings is 1. The third kappa shape index (κ3) is 5.33. The molecule has 1 saturated heterocycles. The molecule has 1 fully saturated rings. The van der Waals surface area contributed by atoms with E-state index in [0.29, 0.717) is 29.5 Å². The Balaban J connectivity index is 1.30. The predicted octanol–water partition coefficient (Wildman–Crippen LogP) is 4.39. The van der Waals surface area contributed by atoms with Crippen LogP contribution in [0.15, 0.2) is 55.0 Å². The number of aliphatic hydroxyl groups excluding tert-OH is 1. The first kappa shape index (κ1) is 24.9. The Hall–Kier alpha value is -3.80. The fraction of sp³-hybridized carbons (Fsp3) is 0.379. The number of imidazole rings is 1. The van der Waals surface area contributed by atoms with Crippen molar-refractivity contribution in [1.29, 1.82) is 5.26 Å². The highest BCUT2D eigenvalue weighted by atomic mass is 16.3. The van der Waals surface area contributed by atoms with Gasteiger partial charge in [0.2, 0.25) is 5.95 Å². The van der Waals surface area contributed by atoms with E-state index in [2.05, 4.69) is 64.5 Å². The highest BCUT2D eigenvalue weighted by Crippen LogP contribution is 2.27. The lowest BCUT2D eigenvalue weighted by atomic mass is 9.88. The number of hydrogen-bond acceptors (Lipinski definition) is 7. The minimum atomic E-state index is -0.302. The lowest BCUT2D eigenvalue weighted by Crippen LogP contribution is -2.36. The molecular weight excluding hydrogens is 462 g/mol. The summed E-state index contributed by atoms with van der Waals surface area (Å²) in [6.07, 6.45) is 7.71. The SMILES string of the molecule is Cc1cccn2c(-c3nc(N[C@@H](C)c4ccc(CC(O)C5CCN(C)CC5)cc4)ncc3C#N)cnc12. The van der Waals surface area contributed by atoms with Gasteiger partial charge in [0.15, 0.2) is 0 Å². The van der Waals surface area contributed by atoms with Crippen LogP contribution in [0.5, 0.6) is 0 Å². The Kier molecular flexibility index (Phi) is 7.17. The van der Waals surface area contributed by atoms with E-state index in [9.17, 15) is 10.4 Å². The Labute approximate surface area is 217 Å². The maximum atomic E-state index is 10.7. The minimum Gasteiger partial charge on any atom is -0.392 e. The third-order valence-electron chi connectivity index (χ3n) is 7.46. The number of piperidine rings is 1. The van der Waals surface area contributed by atoms with E-state index in [1.165, 1.54) is 0 Å². The van der Waals surface area contributed by atoms with Crippen LogP contribution < -0.4 is 5.32 Å². The normalized spacial score (nSPS) is 16.4. The Morgan fingerprint density at radius 3 is 2.62 bits per heavy atom. The summed E-state index contributed by atoms with van der Waals surface area (Å²) in [6, 6.07) is 14.5. The Bertz CT molecular complexity index is 1410. The van der Waals surface area contributed by atoms with Gasteiger partial charge in [-0.1, -0.05) is 30.3 Å². The number of nitriles is 1. The zero-order valence-electron chi connectivity index (χ0n) is 21.6.